The second kappa shape index (κ2) is 5.05. The van der Waals surface area contributed by atoms with E-state index in [4.69, 9.17) is 11.6 Å². The fourth-order valence-electron chi connectivity index (χ4n) is 1.90. The largest absolute Gasteiger partial charge is 0.369 e. The third-order valence-electron chi connectivity index (χ3n) is 3.06. The maximum Gasteiger partial charge on any atom is 0.146 e. The summed E-state index contributed by atoms with van der Waals surface area (Å²) in [5, 5.41) is 0. The number of benzene rings is 1. The normalized spacial score (nSPS) is 15.2. The SMILES string of the molecule is CCN(CC1CC1)c1ccc(CCl)cc1F. The predicted molar refractivity (Wildman–Crippen MR) is 66.6 cm³/mol. The van der Waals surface area contributed by atoms with Crippen molar-refractivity contribution in [2.75, 3.05) is 18.0 Å². The molecule has 0 bridgehead atoms. The van der Waals surface area contributed by atoms with Crippen molar-refractivity contribution in [2.45, 2.75) is 25.6 Å². The molecule has 1 saturated carbocycles. The molecule has 1 aliphatic carbocycles. The summed E-state index contributed by atoms with van der Waals surface area (Å²) in [5.41, 5.74) is 1.55. The Hall–Kier alpha value is -0.760. The van der Waals surface area contributed by atoms with Crippen molar-refractivity contribution >= 4 is 17.3 Å². The fraction of sp³-hybridized carbons (Fsp3) is 0.538. The highest BCUT2D eigenvalue weighted by Crippen LogP contribution is 2.32. The molecule has 16 heavy (non-hydrogen) atoms. The van der Waals surface area contributed by atoms with E-state index in [0.717, 1.165) is 24.6 Å². The minimum Gasteiger partial charge on any atom is -0.369 e. The summed E-state index contributed by atoms with van der Waals surface area (Å²) in [6, 6.07) is 5.29. The molecule has 0 aliphatic heterocycles. The lowest BCUT2D eigenvalue weighted by Gasteiger charge is -2.23. The van der Waals surface area contributed by atoms with Crippen molar-refractivity contribution in [3.63, 3.8) is 0 Å². The second-order valence-electron chi connectivity index (χ2n) is 4.40. The van der Waals surface area contributed by atoms with E-state index in [1.807, 2.05) is 12.1 Å². The van der Waals surface area contributed by atoms with Crippen LogP contribution in [0.25, 0.3) is 0 Å². The quantitative estimate of drug-likeness (QED) is 0.709. The zero-order valence-corrected chi connectivity index (χ0v) is 10.3. The molecule has 0 spiro atoms. The highest BCUT2D eigenvalue weighted by Gasteiger charge is 2.24. The van der Waals surface area contributed by atoms with Crippen molar-refractivity contribution in [1.29, 1.82) is 0 Å². The lowest BCUT2D eigenvalue weighted by Crippen LogP contribution is -2.26. The molecule has 1 aromatic rings. The van der Waals surface area contributed by atoms with Crippen LogP contribution in [-0.4, -0.2) is 13.1 Å². The average Bonchev–Trinajstić information content (AvgIpc) is 3.10. The van der Waals surface area contributed by atoms with Crippen LogP contribution in [0, 0.1) is 11.7 Å². The molecule has 3 heteroatoms. The first-order chi connectivity index (χ1) is 7.74. The Labute approximate surface area is 101 Å². The Balaban J connectivity index is 2.15. The van der Waals surface area contributed by atoms with E-state index in [-0.39, 0.29) is 5.82 Å². The number of nitrogens with zero attached hydrogens (tertiary/aromatic N) is 1. The molecule has 0 radical (unpaired) electrons. The first kappa shape index (κ1) is 11.7. The minimum atomic E-state index is -0.152. The van der Waals surface area contributed by atoms with Gasteiger partial charge in [-0.2, -0.15) is 0 Å². The molecule has 0 N–H and O–H groups in total. The van der Waals surface area contributed by atoms with Crippen LogP contribution >= 0.6 is 11.6 Å². The Kier molecular flexibility index (Phi) is 3.70. The van der Waals surface area contributed by atoms with Crippen molar-refractivity contribution in [3.05, 3.63) is 29.6 Å². The van der Waals surface area contributed by atoms with Gasteiger partial charge >= 0.3 is 0 Å². The van der Waals surface area contributed by atoms with Gasteiger partial charge in [0.05, 0.1) is 5.69 Å². The van der Waals surface area contributed by atoms with Crippen LogP contribution in [0.3, 0.4) is 0 Å². The standard InChI is InChI=1S/C13H17ClFN/c1-2-16(9-10-3-4-10)13-6-5-11(8-14)7-12(13)15/h5-7,10H,2-4,8-9H2,1H3. The molecule has 0 heterocycles. The summed E-state index contributed by atoms with van der Waals surface area (Å²) in [6.45, 7) is 3.90. The first-order valence-corrected chi connectivity index (χ1v) is 6.37. The van der Waals surface area contributed by atoms with E-state index in [1.54, 1.807) is 0 Å². The summed E-state index contributed by atoms with van der Waals surface area (Å²) < 4.78 is 13.8. The average molecular weight is 242 g/mol. The molecular weight excluding hydrogens is 225 g/mol. The van der Waals surface area contributed by atoms with Gasteiger partial charge in [0.2, 0.25) is 0 Å². The minimum absolute atomic E-state index is 0.152. The van der Waals surface area contributed by atoms with E-state index in [1.165, 1.54) is 18.9 Å². The van der Waals surface area contributed by atoms with Crippen LogP contribution in [0.4, 0.5) is 10.1 Å². The third-order valence-corrected chi connectivity index (χ3v) is 3.37. The van der Waals surface area contributed by atoms with Gasteiger partial charge in [0.25, 0.3) is 0 Å². The summed E-state index contributed by atoms with van der Waals surface area (Å²) in [6.07, 6.45) is 2.58. The van der Waals surface area contributed by atoms with Crippen LogP contribution in [0.2, 0.25) is 0 Å². The summed E-state index contributed by atoms with van der Waals surface area (Å²) in [5.74, 6) is 0.985. The lowest BCUT2D eigenvalue weighted by molar-refractivity contribution is 0.612. The van der Waals surface area contributed by atoms with E-state index < -0.39 is 0 Å². The van der Waals surface area contributed by atoms with Crippen LogP contribution in [0.1, 0.15) is 25.3 Å². The van der Waals surface area contributed by atoms with Crippen LogP contribution in [0.5, 0.6) is 0 Å². The molecule has 1 nitrogen and oxygen atoms in total. The Bertz CT molecular complexity index is 363. The van der Waals surface area contributed by atoms with E-state index in [0.29, 0.717) is 11.6 Å². The Morgan fingerprint density at radius 1 is 1.44 bits per heavy atom. The molecule has 2 rings (SSSR count). The van der Waals surface area contributed by atoms with Crippen molar-refractivity contribution in [1.82, 2.24) is 0 Å². The number of rotatable bonds is 5. The molecule has 0 aromatic heterocycles. The second-order valence-corrected chi connectivity index (χ2v) is 4.67. The third kappa shape index (κ3) is 2.67. The van der Waals surface area contributed by atoms with Crippen LogP contribution < -0.4 is 4.90 Å². The van der Waals surface area contributed by atoms with E-state index in [2.05, 4.69) is 11.8 Å². The number of hydrogen-bond donors (Lipinski definition) is 0. The number of hydrogen-bond acceptors (Lipinski definition) is 1. The molecular formula is C13H17ClFN. The molecule has 0 amide bonds. The number of alkyl halides is 1. The van der Waals surface area contributed by atoms with E-state index in [9.17, 15) is 4.39 Å². The number of halogens is 2. The van der Waals surface area contributed by atoms with Gasteiger partial charge in [-0.15, -0.1) is 11.6 Å². The van der Waals surface area contributed by atoms with Crippen LogP contribution in [-0.2, 0) is 5.88 Å². The van der Waals surface area contributed by atoms with Crippen molar-refractivity contribution < 1.29 is 4.39 Å². The van der Waals surface area contributed by atoms with Gasteiger partial charge < -0.3 is 4.90 Å². The molecule has 0 unspecified atom stereocenters. The van der Waals surface area contributed by atoms with Crippen LogP contribution in [0.15, 0.2) is 18.2 Å². The van der Waals surface area contributed by atoms with Crippen molar-refractivity contribution in [2.24, 2.45) is 5.92 Å². The molecule has 1 fully saturated rings. The zero-order valence-electron chi connectivity index (χ0n) is 9.55. The topological polar surface area (TPSA) is 3.24 Å². The van der Waals surface area contributed by atoms with Gasteiger partial charge in [-0.25, -0.2) is 4.39 Å². The van der Waals surface area contributed by atoms with Crippen molar-refractivity contribution in [3.8, 4) is 0 Å². The maximum atomic E-state index is 13.8. The smallest absolute Gasteiger partial charge is 0.146 e. The monoisotopic (exact) mass is 241 g/mol. The fourth-order valence-corrected chi connectivity index (χ4v) is 2.07. The molecule has 0 saturated heterocycles. The van der Waals surface area contributed by atoms with E-state index >= 15 is 0 Å². The maximum absolute atomic E-state index is 13.8. The molecule has 1 aromatic carbocycles. The Morgan fingerprint density at radius 2 is 2.19 bits per heavy atom. The van der Waals surface area contributed by atoms with Gasteiger partial charge in [0.15, 0.2) is 0 Å². The first-order valence-electron chi connectivity index (χ1n) is 5.84. The molecule has 88 valence electrons. The summed E-state index contributed by atoms with van der Waals surface area (Å²) >= 11 is 5.68. The van der Waals surface area contributed by atoms with Gasteiger partial charge in [-0.1, -0.05) is 6.07 Å². The molecule has 0 atom stereocenters. The highest BCUT2D eigenvalue weighted by atomic mass is 35.5. The number of anilines is 1. The van der Waals surface area contributed by atoms with Gasteiger partial charge in [0, 0.05) is 19.0 Å². The predicted octanol–water partition coefficient (Wildman–Crippen LogP) is 3.80. The highest BCUT2D eigenvalue weighted by molar-refractivity contribution is 6.17. The summed E-state index contributed by atoms with van der Waals surface area (Å²) in [7, 11) is 0. The Morgan fingerprint density at radius 3 is 2.69 bits per heavy atom. The van der Waals surface area contributed by atoms with Gasteiger partial charge in [0.1, 0.15) is 5.82 Å². The lowest BCUT2D eigenvalue weighted by atomic mass is 10.2. The summed E-state index contributed by atoms with van der Waals surface area (Å²) in [4.78, 5) is 2.12. The van der Waals surface area contributed by atoms with Gasteiger partial charge in [-0.05, 0) is 43.4 Å². The van der Waals surface area contributed by atoms with Gasteiger partial charge in [-0.3, -0.25) is 0 Å². The zero-order chi connectivity index (χ0) is 11.5. The molecule has 1 aliphatic rings.